The molecular weight excluding hydrogens is 288 g/mol. The van der Waals surface area contributed by atoms with Gasteiger partial charge < -0.3 is 10.1 Å². The Hall–Kier alpha value is -1.94. The fraction of sp³-hybridized carbons (Fsp3) is 0.474. The van der Waals surface area contributed by atoms with Crippen molar-refractivity contribution in [1.29, 1.82) is 0 Å². The van der Waals surface area contributed by atoms with E-state index in [2.05, 4.69) is 16.4 Å². The molecule has 23 heavy (non-hydrogen) atoms. The Morgan fingerprint density at radius 2 is 1.91 bits per heavy atom. The molecule has 1 saturated heterocycles. The lowest BCUT2D eigenvalue weighted by Crippen LogP contribution is -2.29. The van der Waals surface area contributed by atoms with E-state index >= 15 is 0 Å². The molecule has 0 aliphatic carbocycles. The summed E-state index contributed by atoms with van der Waals surface area (Å²) in [5.74, 6) is 0.0349. The monoisotopic (exact) mass is 312 g/mol. The van der Waals surface area contributed by atoms with Crippen molar-refractivity contribution in [2.24, 2.45) is 0 Å². The van der Waals surface area contributed by atoms with Crippen LogP contribution in [0.2, 0.25) is 0 Å². The maximum Gasteiger partial charge on any atom is 0.357 e. The summed E-state index contributed by atoms with van der Waals surface area (Å²) in [5, 5.41) is 4.45. The standard InChI is InChI=1S/C19H24N2O2/c1-19(2,3)23-18(22)17-15(13-8-10-20-11-9-13)12-14-6-4-5-7-16(14)21-17/h4-7,12-13,20H,8-11H2,1-3H3. The molecule has 1 N–H and O–H groups in total. The first-order chi connectivity index (χ1) is 10.9. The molecule has 1 aromatic carbocycles. The average Bonchev–Trinajstić information content (AvgIpc) is 2.53. The quantitative estimate of drug-likeness (QED) is 0.860. The van der Waals surface area contributed by atoms with Gasteiger partial charge in [0, 0.05) is 5.39 Å². The second-order valence-corrected chi connectivity index (χ2v) is 7.15. The summed E-state index contributed by atoms with van der Waals surface area (Å²) in [7, 11) is 0. The van der Waals surface area contributed by atoms with Crippen LogP contribution in [0.1, 0.15) is 55.6 Å². The molecule has 2 aromatic rings. The van der Waals surface area contributed by atoms with Gasteiger partial charge in [-0.3, -0.25) is 0 Å². The Kier molecular flexibility index (Phi) is 4.35. The molecule has 0 bridgehead atoms. The third-order valence-corrected chi connectivity index (χ3v) is 4.12. The predicted molar refractivity (Wildman–Crippen MR) is 91.8 cm³/mol. The fourth-order valence-electron chi connectivity index (χ4n) is 3.07. The number of ether oxygens (including phenoxy) is 1. The number of nitrogens with one attached hydrogen (secondary N) is 1. The van der Waals surface area contributed by atoms with Crippen LogP contribution in [0.4, 0.5) is 0 Å². The van der Waals surface area contributed by atoms with Gasteiger partial charge >= 0.3 is 5.97 Å². The number of aromatic nitrogens is 1. The van der Waals surface area contributed by atoms with Crippen LogP contribution in [-0.4, -0.2) is 29.6 Å². The molecule has 2 heterocycles. The van der Waals surface area contributed by atoms with Gasteiger partial charge in [0.25, 0.3) is 0 Å². The van der Waals surface area contributed by atoms with Crippen LogP contribution >= 0.6 is 0 Å². The van der Waals surface area contributed by atoms with Gasteiger partial charge in [-0.25, -0.2) is 9.78 Å². The number of carbonyl (C=O) groups is 1. The Labute approximate surface area is 137 Å². The number of piperidine rings is 1. The molecular formula is C19H24N2O2. The van der Waals surface area contributed by atoms with Crippen molar-refractivity contribution >= 4 is 16.9 Å². The van der Waals surface area contributed by atoms with Crippen LogP contribution in [0.25, 0.3) is 10.9 Å². The minimum absolute atomic E-state index is 0.322. The van der Waals surface area contributed by atoms with Crippen molar-refractivity contribution in [3.8, 4) is 0 Å². The molecule has 1 aliphatic rings. The number of fused-ring (bicyclic) bond motifs is 1. The van der Waals surface area contributed by atoms with E-state index in [1.807, 2.05) is 45.0 Å². The number of hydrogen-bond acceptors (Lipinski definition) is 4. The Balaban J connectivity index is 2.06. The van der Waals surface area contributed by atoms with Gasteiger partial charge in [-0.1, -0.05) is 18.2 Å². The summed E-state index contributed by atoms with van der Waals surface area (Å²) in [6.07, 6.45) is 2.05. The van der Waals surface area contributed by atoms with E-state index in [1.54, 1.807) is 0 Å². The van der Waals surface area contributed by atoms with Gasteiger partial charge in [-0.2, -0.15) is 0 Å². The maximum absolute atomic E-state index is 12.7. The predicted octanol–water partition coefficient (Wildman–Crippen LogP) is 3.66. The SMILES string of the molecule is CC(C)(C)OC(=O)c1nc2ccccc2cc1C1CCNCC1. The number of rotatable bonds is 2. The molecule has 0 radical (unpaired) electrons. The minimum atomic E-state index is -0.518. The molecule has 4 nitrogen and oxygen atoms in total. The minimum Gasteiger partial charge on any atom is -0.455 e. The number of esters is 1. The summed E-state index contributed by atoms with van der Waals surface area (Å²) in [5.41, 5.74) is 1.83. The van der Waals surface area contributed by atoms with E-state index in [4.69, 9.17) is 4.74 Å². The van der Waals surface area contributed by atoms with Crippen LogP contribution < -0.4 is 5.32 Å². The van der Waals surface area contributed by atoms with Crippen LogP contribution in [-0.2, 0) is 4.74 Å². The highest BCUT2D eigenvalue weighted by molar-refractivity contribution is 5.93. The zero-order chi connectivity index (χ0) is 16.4. The van der Waals surface area contributed by atoms with Gasteiger partial charge in [0.05, 0.1) is 5.52 Å². The number of hydrogen-bond donors (Lipinski definition) is 1. The van der Waals surface area contributed by atoms with Crippen LogP contribution in [0.3, 0.4) is 0 Å². The van der Waals surface area contributed by atoms with Crippen molar-refractivity contribution in [3.05, 3.63) is 41.6 Å². The fourth-order valence-corrected chi connectivity index (χ4v) is 3.07. The topological polar surface area (TPSA) is 51.2 Å². The molecule has 0 atom stereocenters. The van der Waals surface area contributed by atoms with E-state index in [9.17, 15) is 4.79 Å². The summed E-state index contributed by atoms with van der Waals surface area (Å²) < 4.78 is 5.59. The highest BCUT2D eigenvalue weighted by Gasteiger charge is 2.26. The van der Waals surface area contributed by atoms with Crippen molar-refractivity contribution in [2.75, 3.05) is 13.1 Å². The van der Waals surface area contributed by atoms with Crippen molar-refractivity contribution in [1.82, 2.24) is 10.3 Å². The lowest BCUT2D eigenvalue weighted by Gasteiger charge is -2.26. The zero-order valence-electron chi connectivity index (χ0n) is 14.1. The maximum atomic E-state index is 12.7. The molecule has 0 unspecified atom stereocenters. The summed E-state index contributed by atoms with van der Waals surface area (Å²) in [6.45, 7) is 7.61. The lowest BCUT2D eigenvalue weighted by atomic mass is 9.88. The first kappa shape index (κ1) is 15.9. The molecule has 1 aromatic heterocycles. The van der Waals surface area contributed by atoms with Gasteiger partial charge in [0.15, 0.2) is 5.69 Å². The lowest BCUT2D eigenvalue weighted by molar-refractivity contribution is 0.00612. The second kappa shape index (κ2) is 6.28. The Morgan fingerprint density at radius 1 is 1.22 bits per heavy atom. The van der Waals surface area contributed by atoms with E-state index in [1.165, 1.54) is 0 Å². The normalized spacial score (nSPS) is 16.5. The molecule has 3 rings (SSSR count). The number of benzene rings is 1. The molecule has 0 amide bonds. The number of pyridine rings is 1. The summed E-state index contributed by atoms with van der Waals surface area (Å²) in [4.78, 5) is 17.3. The van der Waals surface area contributed by atoms with Crippen LogP contribution in [0, 0.1) is 0 Å². The first-order valence-electron chi connectivity index (χ1n) is 8.28. The Bertz CT molecular complexity index is 713. The molecule has 0 spiro atoms. The molecule has 0 saturated carbocycles. The first-order valence-corrected chi connectivity index (χ1v) is 8.28. The van der Waals surface area contributed by atoms with E-state index in [-0.39, 0.29) is 5.97 Å². The number of para-hydroxylation sites is 1. The summed E-state index contributed by atoms with van der Waals surface area (Å²) in [6, 6.07) is 10.1. The van der Waals surface area contributed by atoms with Crippen molar-refractivity contribution < 1.29 is 9.53 Å². The summed E-state index contributed by atoms with van der Waals surface area (Å²) >= 11 is 0. The average molecular weight is 312 g/mol. The smallest absolute Gasteiger partial charge is 0.357 e. The van der Waals surface area contributed by atoms with Gasteiger partial charge in [-0.05, 0) is 70.3 Å². The molecule has 4 heteroatoms. The van der Waals surface area contributed by atoms with E-state index < -0.39 is 5.60 Å². The highest BCUT2D eigenvalue weighted by Crippen LogP contribution is 2.31. The van der Waals surface area contributed by atoms with Crippen molar-refractivity contribution in [3.63, 3.8) is 0 Å². The molecule has 1 fully saturated rings. The molecule has 122 valence electrons. The highest BCUT2D eigenvalue weighted by atomic mass is 16.6. The number of nitrogens with zero attached hydrogens (tertiary/aromatic N) is 1. The largest absolute Gasteiger partial charge is 0.455 e. The van der Waals surface area contributed by atoms with Gasteiger partial charge in [0.1, 0.15) is 5.60 Å². The van der Waals surface area contributed by atoms with E-state index in [0.29, 0.717) is 11.6 Å². The van der Waals surface area contributed by atoms with Crippen LogP contribution in [0.5, 0.6) is 0 Å². The molecule has 1 aliphatic heterocycles. The number of carbonyl (C=O) groups excluding carboxylic acids is 1. The van der Waals surface area contributed by atoms with Gasteiger partial charge in [0.2, 0.25) is 0 Å². The van der Waals surface area contributed by atoms with Crippen molar-refractivity contribution in [2.45, 2.75) is 45.1 Å². The zero-order valence-corrected chi connectivity index (χ0v) is 14.1. The van der Waals surface area contributed by atoms with Gasteiger partial charge in [-0.15, -0.1) is 0 Å². The second-order valence-electron chi connectivity index (χ2n) is 7.15. The third-order valence-electron chi connectivity index (χ3n) is 4.12. The van der Waals surface area contributed by atoms with Crippen LogP contribution in [0.15, 0.2) is 30.3 Å². The third kappa shape index (κ3) is 3.70. The van der Waals surface area contributed by atoms with E-state index in [0.717, 1.165) is 42.4 Å². The Morgan fingerprint density at radius 3 is 2.61 bits per heavy atom.